The van der Waals surface area contributed by atoms with Crippen LogP contribution in [-0.2, 0) is 22.0 Å². The monoisotopic (exact) mass is 381 g/mol. The van der Waals surface area contributed by atoms with Gasteiger partial charge in [0.15, 0.2) is 22.9 Å². The fourth-order valence-electron chi connectivity index (χ4n) is 3.06. The number of aryl methyl sites for hydroxylation is 1. The lowest BCUT2D eigenvalue weighted by Crippen LogP contribution is -2.34. The normalized spacial score (nSPS) is 23.3. The average Bonchev–Trinajstić information content (AvgIpc) is 3.29. The molecule has 1 aromatic carbocycles. The second-order valence-electron chi connectivity index (χ2n) is 6.29. The summed E-state index contributed by atoms with van der Waals surface area (Å²) >= 11 is 0. The SMILES string of the molecule is CCc1noc(C2(O)CCN(S(=O)(=O)c3ccc4c(c3)OCCO4)C2)n1. The molecule has 1 atom stereocenters. The van der Waals surface area contributed by atoms with Gasteiger partial charge >= 0.3 is 0 Å². The molecule has 10 heteroatoms. The van der Waals surface area contributed by atoms with Gasteiger partial charge in [-0.15, -0.1) is 0 Å². The second kappa shape index (κ2) is 6.22. The topological polar surface area (TPSA) is 115 Å². The van der Waals surface area contributed by atoms with Crippen LogP contribution >= 0.6 is 0 Å². The number of hydrogen-bond acceptors (Lipinski definition) is 8. The van der Waals surface area contributed by atoms with Crippen molar-refractivity contribution in [3.8, 4) is 11.5 Å². The van der Waals surface area contributed by atoms with Gasteiger partial charge in [0.2, 0.25) is 10.0 Å². The molecule has 0 aliphatic carbocycles. The minimum Gasteiger partial charge on any atom is -0.486 e. The molecule has 1 unspecified atom stereocenters. The van der Waals surface area contributed by atoms with Gasteiger partial charge in [0.05, 0.1) is 11.4 Å². The van der Waals surface area contributed by atoms with Crippen molar-refractivity contribution < 1.29 is 27.5 Å². The lowest BCUT2D eigenvalue weighted by atomic mass is 10.0. The van der Waals surface area contributed by atoms with E-state index in [-0.39, 0.29) is 30.3 Å². The predicted molar refractivity (Wildman–Crippen MR) is 88.4 cm³/mol. The van der Waals surface area contributed by atoms with Crippen molar-refractivity contribution in [3.63, 3.8) is 0 Å². The Balaban J connectivity index is 1.59. The van der Waals surface area contributed by atoms with Crippen molar-refractivity contribution >= 4 is 10.0 Å². The van der Waals surface area contributed by atoms with Crippen LogP contribution in [0.2, 0.25) is 0 Å². The van der Waals surface area contributed by atoms with Gasteiger partial charge in [0.1, 0.15) is 13.2 Å². The molecule has 2 aliphatic rings. The summed E-state index contributed by atoms with van der Waals surface area (Å²) < 4.78 is 43.1. The van der Waals surface area contributed by atoms with Crippen LogP contribution in [0, 0.1) is 0 Å². The van der Waals surface area contributed by atoms with E-state index in [1.807, 2.05) is 6.92 Å². The highest BCUT2D eigenvalue weighted by Crippen LogP contribution is 2.37. The average molecular weight is 381 g/mol. The molecule has 1 aromatic heterocycles. The van der Waals surface area contributed by atoms with Gasteiger partial charge in [-0.2, -0.15) is 9.29 Å². The number of fused-ring (bicyclic) bond motifs is 1. The first kappa shape index (κ1) is 17.3. The predicted octanol–water partition coefficient (Wildman–Crippen LogP) is 0.685. The molecule has 2 aliphatic heterocycles. The van der Waals surface area contributed by atoms with Gasteiger partial charge in [-0.1, -0.05) is 12.1 Å². The van der Waals surface area contributed by atoms with Gasteiger partial charge < -0.3 is 19.1 Å². The van der Waals surface area contributed by atoms with Gasteiger partial charge in [-0.3, -0.25) is 0 Å². The lowest BCUT2D eigenvalue weighted by molar-refractivity contribution is 0.0194. The molecule has 140 valence electrons. The molecule has 0 saturated carbocycles. The molecule has 0 amide bonds. The highest BCUT2D eigenvalue weighted by Gasteiger charge is 2.46. The van der Waals surface area contributed by atoms with Crippen molar-refractivity contribution in [2.24, 2.45) is 0 Å². The maximum Gasteiger partial charge on any atom is 0.260 e. The number of ether oxygens (including phenoxy) is 2. The highest BCUT2D eigenvalue weighted by atomic mass is 32.2. The van der Waals surface area contributed by atoms with E-state index in [4.69, 9.17) is 14.0 Å². The molecule has 2 aromatic rings. The van der Waals surface area contributed by atoms with Crippen molar-refractivity contribution in [2.45, 2.75) is 30.3 Å². The smallest absolute Gasteiger partial charge is 0.260 e. The summed E-state index contributed by atoms with van der Waals surface area (Å²) in [6.45, 7) is 2.68. The molecule has 1 N–H and O–H groups in total. The summed E-state index contributed by atoms with van der Waals surface area (Å²) in [5.41, 5.74) is -1.48. The van der Waals surface area contributed by atoms with E-state index in [9.17, 15) is 13.5 Å². The zero-order valence-corrected chi connectivity index (χ0v) is 15.0. The van der Waals surface area contributed by atoms with Crippen LogP contribution in [0.1, 0.15) is 25.1 Å². The first-order chi connectivity index (χ1) is 12.4. The van der Waals surface area contributed by atoms with Crippen molar-refractivity contribution in [3.05, 3.63) is 29.9 Å². The number of aliphatic hydroxyl groups is 1. The van der Waals surface area contributed by atoms with Gasteiger partial charge in [0.25, 0.3) is 5.89 Å². The van der Waals surface area contributed by atoms with Crippen molar-refractivity contribution in [1.29, 1.82) is 0 Å². The molecule has 0 spiro atoms. The van der Waals surface area contributed by atoms with Crippen LogP contribution in [0.25, 0.3) is 0 Å². The summed E-state index contributed by atoms with van der Waals surface area (Å²) in [7, 11) is -3.80. The third-order valence-corrected chi connectivity index (χ3v) is 6.39. The van der Waals surface area contributed by atoms with E-state index in [2.05, 4.69) is 10.1 Å². The second-order valence-corrected chi connectivity index (χ2v) is 8.23. The molecular formula is C16H19N3O6S. The molecule has 1 fully saturated rings. The van der Waals surface area contributed by atoms with E-state index in [0.717, 1.165) is 0 Å². The Morgan fingerprint density at radius 1 is 1.27 bits per heavy atom. The van der Waals surface area contributed by atoms with Crippen LogP contribution in [0.3, 0.4) is 0 Å². The van der Waals surface area contributed by atoms with Crippen LogP contribution in [0.15, 0.2) is 27.6 Å². The zero-order chi connectivity index (χ0) is 18.4. The molecule has 4 rings (SSSR count). The van der Waals surface area contributed by atoms with Crippen LogP contribution in [-0.4, -0.2) is 54.3 Å². The molecular weight excluding hydrogens is 362 g/mol. The van der Waals surface area contributed by atoms with E-state index >= 15 is 0 Å². The van der Waals surface area contributed by atoms with E-state index in [1.165, 1.54) is 16.4 Å². The third kappa shape index (κ3) is 2.83. The maximum absolute atomic E-state index is 13.0. The fourth-order valence-corrected chi connectivity index (χ4v) is 4.57. The molecule has 1 saturated heterocycles. The van der Waals surface area contributed by atoms with Crippen molar-refractivity contribution in [2.75, 3.05) is 26.3 Å². The minimum absolute atomic E-state index is 0.0502. The first-order valence-electron chi connectivity index (χ1n) is 8.38. The molecule has 9 nitrogen and oxygen atoms in total. The number of hydrogen-bond donors (Lipinski definition) is 1. The van der Waals surface area contributed by atoms with Crippen molar-refractivity contribution in [1.82, 2.24) is 14.4 Å². The zero-order valence-electron chi connectivity index (χ0n) is 14.2. The fraction of sp³-hybridized carbons (Fsp3) is 0.500. The first-order valence-corrected chi connectivity index (χ1v) is 9.82. The largest absolute Gasteiger partial charge is 0.486 e. The number of nitrogens with zero attached hydrogens (tertiary/aromatic N) is 3. The standard InChI is InChI=1S/C16H19N3O6S/c1-2-14-17-15(25-18-14)16(20)5-6-19(10-16)26(21,22)11-3-4-12-13(9-11)24-8-7-23-12/h3-4,9,20H,2,5-8,10H2,1H3. The summed E-state index contributed by atoms with van der Waals surface area (Å²) in [6, 6.07) is 4.50. The quantitative estimate of drug-likeness (QED) is 0.822. The maximum atomic E-state index is 13.0. The van der Waals surface area contributed by atoms with E-state index in [1.54, 1.807) is 6.07 Å². The number of rotatable bonds is 4. The van der Waals surface area contributed by atoms with Crippen LogP contribution < -0.4 is 9.47 Å². The number of sulfonamides is 1. The minimum atomic E-state index is -3.80. The summed E-state index contributed by atoms with van der Waals surface area (Å²) in [5.74, 6) is 1.44. The number of aromatic nitrogens is 2. The number of β-amino-alcohol motifs (C(OH)–C–C–N with tert-alkyl or cyclic N) is 1. The summed E-state index contributed by atoms with van der Waals surface area (Å²) in [5, 5.41) is 14.6. The molecule has 26 heavy (non-hydrogen) atoms. The molecule has 0 bridgehead atoms. The summed E-state index contributed by atoms with van der Waals surface area (Å²) in [4.78, 5) is 4.23. The van der Waals surface area contributed by atoms with E-state index in [0.29, 0.717) is 37.0 Å². The Labute approximate surface area is 150 Å². The van der Waals surface area contributed by atoms with Gasteiger partial charge in [-0.05, 0) is 12.1 Å². The van der Waals surface area contributed by atoms with Crippen LogP contribution in [0.4, 0.5) is 0 Å². The Kier molecular flexibility index (Phi) is 4.13. The Morgan fingerprint density at radius 3 is 2.77 bits per heavy atom. The number of benzene rings is 1. The molecule has 0 radical (unpaired) electrons. The lowest BCUT2D eigenvalue weighted by Gasteiger charge is -2.22. The third-order valence-electron chi connectivity index (χ3n) is 4.55. The van der Waals surface area contributed by atoms with Gasteiger partial charge in [-0.25, -0.2) is 8.42 Å². The molecule has 3 heterocycles. The Morgan fingerprint density at radius 2 is 2.04 bits per heavy atom. The summed E-state index contributed by atoms with van der Waals surface area (Å²) in [6.07, 6.45) is 0.751. The Bertz CT molecular complexity index is 928. The van der Waals surface area contributed by atoms with E-state index < -0.39 is 15.6 Å². The van der Waals surface area contributed by atoms with Gasteiger partial charge in [0, 0.05) is 25.5 Å². The Hall–Kier alpha value is -2.17. The highest BCUT2D eigenvalue weighted by molar-refractivity contribution is 7.89. The van der Waals surface area contributed by atoms with Crippen LogP contribution in [0.5, 0.6) is 11.5 Å².